The van der Waals surface area contributed by atoms with E-state index < -0.39 is 5.82 Å². The van der Waals surface area contributed by atoms with Crippen LogP contribution in [0.3, 0.4) is 0 Å². The molecule has 0 atom stereocenters. The third-order valence-corrected chi connectivity index (χ3v) is 5.86. The third-order valence-electron chi connectivity index (χ3n) is 5.62. The van der Waals surface area contributed by atoms with E-state index in [2.05, 4.69) is 16.3 Å². The normalized spacial score (nSPS) is 16.9. The van der Waals surface area contributed by atoms with Gasteiger partial charge in [-0.15, -0.1) is 0 Å². The smallest absolute Gasteiger partial charge is 0.172 e. The molecule has 2 aliphatic rings. The van der Waals surface area contributed by atoms with Gasteiger partial charge < -0.3 is 15.0 Å². The summed E-state index contributed by atoms with van der Waals surface area (Å²) < 4.78 is 20.0. The van der Waals surface area contributed by atoms with E-state index in [0.717, 1.165) is 55.9 Å². The van der Waals surface area contributed by atoms with Crippen LogP contribution in [0.4, 0.5) is 16.0 Å². The van der Waals surface area contributed by atoms with Gasteiger partial charge in [-0.05, 0) is 49.2 Å². The van der Waals surface area contributed by atoms with E-state index in [1.165, 1.54) is 6.07 Å². The molecule has 0 radical (unpaired) electrons. The molecule has 8 heteroatoms. The summed E-state index contributed by atoms with van der Waals surface area (Å²) in [6.45, 7) is 1.44. The van der Waals surface area contributed by atoms with Crippen LogP contribution in [0.25, 0.3) is 11.0 Å². The first kappa shape index (κ1) is 19.8. The van der Waals surface area contributed by atoms with Crippen LogP contribution in [0.15, 0.2) is 36.4 Å². The predicted octanol–water partition coefficient (Wildman–Crippen LogP) is 4.92. The number of piperidine rings is 1. The molecular weight excluding hydrogens is 417 g/mol. The number of hydrogen-bond acceptors (Lipinski definition) is 6. The van der Waals surface area contributed by atoms with Crippen molar-refractivity contribution in [1.82, 2.24) is 9.97 Å². The second-order valence-electron chi connectivity index (χ2n) is 8.01. The Morgan fingerprint density at radius 3 is 2.58 bits per heavy atom. The zero-order chi connectivity index (χ0) is 21.4. The van der Waals surface area contributed by atoms with Crippen molar-refractivity contribution in [2.45, 2.75) is 37.8 Å². The Labute approximate surface area is 184 Å². The molecule has 2 aromatic carbocycles. The average Bonchev–Trinajstić information content (AvgIpc) is 3.59. The van der Waals surface area contributed by atoms with Crippen molar-refractivity contribution in [1.29, 1.82) is 5.26 Å². The maximum absolute atomic E-state index is 14.1. The highest BCUT2D eigenvalue weighted by atomic mass is 35.5. The predicted molar refractivity (Wildman–Crippen MR) is 118 cm³/mol. The number of ether oxygens (including phenoxy) is 1. The first-order chi connectivity index (χ1) is 15.1. The highest BCUT2D eigenvalue weighted by Gasteiger charge is 2.28. The lowest BCUT2D eigenvalue weighted by Crippen LogP contribution is -2.39. The van der Waals surface area contributed by atoms with Gasteiger partial charge in [-0.2, -0.15) is 5.26 Å². The number of rotatable bonds is 5. The van der Waals surface area contributed by atoms with E-state index in [1.54, 1.807) is 24.3 Å². The summed E-state index contributed by atoms with van der Waals surface area (Å²) in [5.74, 6) is 1.36. The number of nitriles is 1. The van der Waals surface area contributed by atoms with Gasteiger partial charge in [0, 0.05) is 37.0 Å². The number of fused-ring (bicyclic) bond motifs is 1. The first-order valence-corrected chi connectivity index (χ1v) is 10.8. The first-order valence-electron chi connectivity index (χ1n) is 10.4. The average molecular weight is 438 g/mol. The Morgan fingerprint density at radius 2 is 1.87 bits per heavy atom. The van der Waals surface area contributed by atoms with Gasteiger partial charge >= 0.3 is 0 Å². The van der Waals surface area contributed by atoms with Gasteiger partial charge in [0.2, 0.25) is 0 Å². The van der Waals surface area contributed by atoms with E-state index in [4.69, 9.17) is 26.3 Å². The number of nitrogens with one attached hydrogen (secondary N) is 1. The molecule has 1 N–H and O–H groups in total. The van der Waals surface area contributed by atoms with Crippen LogP contribution in [0.5, 0.6) is 5.75 Å². The monoisotopic (exact) mass is 437 g/mol. The minimum atomic E-state index is -0.445. The highest BCUT2D eigenvalue weighted by Crippen LogP contribution is 2.33. The minimum absolute atomic E-state index is 0.0784. The number of hydrogen-bond donors (Lipinski definition) is 1. The van der Waals surface area contributed by atoms with Crippen LogP contribution in [0.1, 0.15) is 31.2 Å². The number of nitrogens with zero attached hydrogens (tertiary/aromatic N) is 4. The number of benzene rings is 2. The molecule has 1 aliphatic carbocycles. The Kier molecular flexibility index (Phi) is 5.24. The van der Waals surface area contributed by atoms with Gasteiger partial charge in [0.1, 0.15) is 6.10 Å². The molecule has 3 aromatic rings. The van der Waals surface area contributed by atoms with Crippen molar-refractivity contribution in [3.05, 3.63) is 52.8 Å². The Balaban J connectivity index is 1.35. The maximum atomic E-state index is 14.1. The number of anilines is 2. The van der Waals surface area contributed by atoms with Crippen LogP contribution in [0.2, 0.25) is 5.02 Å². The van der Waals surface area contributed by atoms with Crippen molar-refractivity contribution >= 4 is 34.3 Å². The fraction of sp³-hybridized carbons (Fsp3) is 0.348. The molecule has 0 spiro atoms. The molecule has 0 amide bonds. The molecule has 1 saturated carbocycles. The summed E-state index contributed by atoms with van der Waals surface area (Å²) in [6.07, 6.45) is 3.67. The highest BCUT2D eigenvalue weighted by molar-refractivity contribution is 6.30. The fourth-order valence-corrected chi connectivity index (χ4v) is 3.95. The lowest BCUT2D eigenvalue weighted by molar-refractivity contribution is 0.163. The molecule has 5 rings (SSSR count). The van der Waals surface area contributed by atoms with Crippen molar-refractivity contribution in [2.24, 2.45) is 0 Å². The molecule has 2 heterocycles. The summed E-state index contributed by atoms with van der Waals surface area (Å²) in [7, 11) is 0. The summed E-state index contributed by atoms with van der Waals surface area (Å²) in [5.41, 5.74) is 2.03. The van der Waals surface area contributed by atoms with Gasteiger partial charge in [0.15, 0.2) is 23.2 Å². The molecule has 1 aliphatic heterocycles. The molecule has 1 aromatic heterocycles. The van der Waals surface area contributed by atoms with Crippen LogP contribution in [-0.4, -0.2) is 35.2 Å². The van der Waals surface area contributed by atoms with Gasteiger partial charge in [0.25, 0.3) is 0 Å². The van der Waals surface area contributed by atoms with E-state index >= 15 is 0 Å². The van der Waals surface area contributed by atoms with Crippen LogP contribution >= 0.6 is 11.6 Å². The number of halogens is 2. The summed E-state index contributed by atoms with van der Waals surface area (Å²) in [6, 6.07) is 12.4. The molecule has 6 nitrogen and oxygen atoms in total. The van der Waals surface area contributed by atoms with Crippen LogP contribution in [0, 0.1) is 17.1 Å². The fourth-order valence-electron chi connectivity index (χ4n) is 3.79. The Hall–Kier alpha value is -3.11. The molecule has 0 unspecified atom stereocenters. The third kappa shape index (κ3) is 4.35. The van der Waals surface area contributed by atoms with Crippen molar-refractivity contribution in [2.75, 3.05) is 23.3 Å². The maximum Gasteiger partial charge on any atom is 0.172 e. The van der Waals surface area contributed by atoms with Crippen molar-refractivity contribution in [3.63, 3.8) is 0 Å². The SMILES string of the molecule is N#Cc1ccc2nc(NC3CC3)c(N3CCC(Oc4ccc(Cl)cc4F)CC3)nc2c1. The van der Waals surface area contributed by atoms with E-state index in [0.29, 0.717) is 22.1 Å². The zero-order valence-electron chi connectivity index (χ0n) is 16.8. The molecular formula is C23H21ClFN5O. The summed E-state index contributed by atoms with van der Waals surface area (Å²) >= 11 is 5.82. The summed E-state index contributed by atoms with van der Waals surface area (Å²) in [4.78, 5) is 11.8. The second-order valence-corrected chi connectivity index (χ2v) is 8.45. The molecule has 31 heavy (non-hydrogen) atoms. The number of aromatic nitrogens is 2. The molecule has 1 saturated heterocycles. The standard InChI is InChI=1S/C23H21ClFN5O/c24-15-2-6-21(18(25)12-15)31-17-7-9-30(10-8-17)23-22(27-16-3-4-16)28-19-5-1-14(13-26)11-20(19)29-23/h1-2,5-6,11-12,16-17H,3-4,7-10H2,(H,27,28). The lowest BCUT2D eigenvalue weighted by atomic mass is 10.1. The van der Waals surface area contributed by atoms with E-state index in [-0.39, 0.29) is 11.9 Å². The second kappa shape index (κ2) is 8.20. The quantitative estimate of drug-likeness (QED) is 0.611. The van der Waals surface area contributed by atoms with Crippen molar-refractivity contribution < 1.29 is 9.13 Å². The molecule has 158 valence electrons. The largest absolute Gasteiger partial charge is 0.487 e. The van der Waals surface area contributed by atoms with E-state index in [9.17, 15) is 9.65 Å². The zero-order valence-corrected chi connectivity index (χ0v) is 17.6. The lowest BCUT2D eigenvalue weighted by Gasteiger charge is -2.33. The molecule has 0 bridgehead atoms. The van der Waals surface area contributed by atoms with Gasteiger partial charge in [-0.1, -0.05) is 11.6 Å². The molecule has 2 fully saturated rings. The van der Waals surface area contributed by atoms with Gasteiger partial charge in [-0.25, -0.2) is 14.4 Å². The minimum Gasteiger partial charge on any atom is -0.487 e. The van der Waals surface area contributed by atoms with Crippen molar-refractivity contribution in [3.8, 4) is 11.8 Å². The van der Waals surface area contributed by atoms with Gasteiger partial charge in [-0.3, -0.25) is 0 Å². The van der Waals surface area contributed by atoms with E-state index in [1.807, 2.05) is 6.07 Å². The van der Waals surface area contributed by atoms with Crippen LogP contribution in [-0.2, 0) is 0 Å². The summed E-state index contributed by atoms with van der Waals surface area (Å²) in [5, 5.41) is 13.1. The Bertz CT molecular complexity index is 1170. The van der Waals surface area contributed by atoms with Gasteiger partial charge in [0.05, 0.1) is 22.7 Å². The topological polar surface area (TPSA) is 74.1 Å². The Morgan fingerprint density at radius 1 is 1.06 bits per heavy atom. The van der Waals surface area contributed by atoms with Crippen LogP contribution < -0.4 is 15.0 Å².